The number of Topliss-reactive ketones (excluding diaryl/α,β-unsaturated/α-hetero) is 1. The van der Waals surface area contributed by atoms with Crippen molar-refractivity contribution in [2.75, 3.05) is 7.11 Å². The third-order valence-electron chi connectivity index (χ3n) is 5.70. The molecule has 0 radical (unpaired) electrons. The van der Waals surface area contributed by atoms with Gasteiger partial charge in [0.05, 0.1) is 22.8 Å². The molecule has 1 N–H and O–H groups in total. The first-order valence-corrected chi connectivity index (χ1v) is 11.1. The number of ether oxygens (including phenoxy) is 1. The number of hydrogen-bond acceptors (Lipinski definition) is 3. The van der Waals surface area contributed by atoms with E-state index < -0.39 is 11.0 Å². The molecule has 0 spiro atoms. The van der Waals surface area contributed by atoms with Gasteiger partial charge in [0.25, 0.3) is 0 Å². The van der Waals surface area contributed by atoms with Crippen molar-refractivity contribution in [3.05, 3.63) is 65.2 Å². The van der Waals surface area contributed by atoms with Crippen molar-refractivity contribution in [2.24, 2.45) is 5.92 Å². The van der Waals surface area contributed by atoms with E-state index in [2.05, 4.69) is 4.72 Å². The first kappa shape index (κ1) is 20.0. The molecule has 0 saturated heterocycles. The Morgan fingerprint density at radius 3 is 2.48 bits per heavy atom. The van der Waals surface area contributed by atoms with Gasteiger partial charge in [0.2, 0.25) is 0 Å². The molecule has 0 bridgehead atoms. The third-order valence-corrected chi connectivity index (χ3v) is 7.31. The maximum atomic E-state index is 13.0. The van der Waals surface area contributed by atoms with Crippen molar-refractivity contribution in [2.45, 2.75) is 44.4 Å². The lowest BCUT2D eigenvalue weighted by molar-refractivity contribution is -0.113. The van der Waals surface area contributed by atoms with Crippen LogP contribution in [0.25, 0.3) is 11.1 Å². The lowest BCUT2D eigenvalue weighted by atomic mass is 9.77. The van der Waals surface area contributed by atoms with Gasteiger partial charge in [-0.15, -0.1) is 0 Å². The molecular formula is C24H27NO3S. The van der Waals surface area contributed by atoms with Gasteiger partial charge in [0.1, 0.15) is 5.75 Å². The molecule has 29 heavy (non-hydrogen) atoms. The minimum Gasteiger partial charge on any atom is -0.497 e. The van der Waals surface area contributed by atoms with Crippen LogP contribution >= 0.6 is 0 Å². The summed E-state index contributed by atoms with van der Waals surface area (Å²) in [6.07, 6.45) is 1.25. The van der Waals surface area contributed by atoms with Crippen LogP contribution in [-0.4, -0.2) is 21.8 Å². The number of allylic oxidation sites excluding steroid dienone is 2. The number of ketones is 1. The summed E-state index contributed by atoms with van der Waals surface area (Å²) in [6, 6.07) is 15.8. The van der Waals surface area contributed by atoms with Gasteiger partial charge in [-0.05, 0) is 67.5 Å². The molecule has 0 saturated carbocycles. The fourth-order valence-electron chi connectivity index (χ4n) is 4.29. The van der Waals surface area contributed by atoms with Crippen LogP contribution in [-0.2, 0) is 15.8 Å². The second-order valence-corrected chi connectivity index (χ2v) is 10.7. The Balaban J connectivity index is 1.85. The van der Waals surface area contributed by atoms with Gasteiger partial charge in [-0.25, -0.2) is 8.93 Å². The van der Waals surface area contributed by atoms with E-state index in [1.54, 1.807) is 7.11 Å². The Morgan fingerprint density at radius 1 is 1.10 bits per heavy atom. The molecule has 3 atom stereocenters. The van der Waals surface area contributed by atoms with Crippen molar-refractivity contribution in [3.8, 4) is 5.75 Å². The van der Waals surface area contributed by atoms with E-state index in [1.165, 1.54) is 0 Å². The van der Waals surface area contributed by atoms with E-state index in [4.69, 9.17) is 4.74 Å². The predicted octanol–water partition coefficient (Wildman–Crippen LogP) is 4.69. The molecule has 152 valence electrons. The molecule has 2 aliphatic rings. The number of carbonyl (C=O) groups is 1. The van der Waals surface area contributed by atoms with Crippen LogP contribution in [0.2, 0.25) is 0 Å². The Bertz CT molecular complexity index is 1000. The molecule has 2 aromatic rings. The monoisotopic (exact) mass is 409 g/mol. The number of nitrogens with one attached hydrogen (secondary N) is 1. The summed E-state index contributed by atoms with van der Waals surface area (Å²) in [4.78, 5) is 13.0. The van der Waals surface area contributed by atoms with Crippen LogP contribution in [0.4, 0.5) is 0 Å². The maximum absolute atomic E-state index is 13.0. The fourth-order valence-corrected chi connectivity index (χ4v) is 5.12. The van der Waals surface area contributed by atoms with E-state index >= 15 is 0 Å². The fraction of sp³-hybridized carbons (Fsp3) is 0.375. The van der Waals surface area contributed by atoms with E-state index in [9.17, 15) is 9.00 Å². The SMILES string of the molecule is COc1ccc2c(c1)[C@@H](NS(=O)C(C)(C)C)C[C@@H]1CC(=O)C(c3ccccc3)=C21. The van der Waals surface area contributed by atoms with Crippen molar-refractivity contribution >= 4 is 27.9 Å². The molecule has 5 heteroatoms. The molecular weight excluding hydrogens is 382 g/mol. The minimum atomic E-state index is -1.20. The second kappa shape index (κ2) is 7.54. The number of carbonyl (C=O) groups excluding carboxylic acids is 1. The summed E-state index contributed by atoms with van der Waals surface area (Å²) in [5.74, 6) is 1.09. The van der Waals surface area contributed by atoms with Gasteiger partial charge < -0.3 is 4.74 Å². The second-order valence-electron chi connectivity index (χ2n) is 8.72. The number of methoxy groups -OCH3 is 1. The highest BCUT2D eigenvalue weighted by molar-refractivity contribution is 7.84. The quantitative estimate of drug-likeness (QED) is 0.797. The molecule has 1 unspecified atom stereocenters. The summed E-state index contributed by atoms with van der Waals surface area (Å²) in [7, 11) is 0.446. The van der Waals surface area contributed by atoms with E-state index in [0.717, 1.165) is 40.0 Å². The molecule has 0 aromatic heterocycles. The van der Waals surface area contributed by atoms with Crippen LogP contribution in [0.15, 0.2) is 48.5 Å². The van der Waals surface area contributed by atoms with Crippen LogP contribution < -0.4 is 9.46 Å². The molecule has 0 heterocycles. The van der Waals surface area contributed by atoms with Gasteiger partial charge in [-0.3, -0.25) is 4.79 Å². The summed E-state index contributed by atoms with van der Waals surface area (Å²) in [6.45, 7) is 5.89. The topological polar surface area (TPSA) is 55.4 Å². The van der Waals surface area contributed by atoms with Crippen molar-refractivity contribution in [1.82, 2.24) is 4.72 Å². The average Bonchev–Trinajstić information content (AvgIpc) is 3.03. The Hall–Kier alpha value is -2.24. The van der Waals surface area contributed by atoms with Gasteiger partial charge in [0.15, 0.2) is 5.78 Å². The first-order valence-electron chi connectivity index (χ1n) is 9.98. The van der Waals surface area contributed by atoms with Gasteiger partial charge >= 0.3 is 0 Å². The number of fused-ring (bicyclic) bond motifs is 3. The van der Waals surface area contributed by atoms with Crippen molar-refractivity contribution in [1.29, 1.82) is 0 Å². The zero-order chi connectivity index (χ0) is 20.8. The summed E-state index contributed by atoms with van der Waals surface area (Å²) in [5.41, 5.74) is 5.05. The maximum Gasteiger partial charge on any atom is 0.164 e. The minimum absolute atomic E-state index is 0.0863. The lowest BCUT2D eigenvalue weighted by Gasteiger charge is -2.34. The molecule has 0 fully saturated rings. The highest BCUT2D eigenvalue weighted by Crippen LogP contribution is 2.51. The zero-order valence-electron chi connectivity index (χ0n) is 17.3. The molecule has 4 nitrogen and oxygen atoms in total. The standard InChI is InChI=1S/C24H27NO3S/c1-24(2,3)29(27)25-20-12-16-13-21(26)23(15-8-6-5-7-9-15)22(16)18-11-10-17(28-4)14-19(18)20/h5-11,14,16,20,25H,12-13H2,1-4H3/t16-,20+,29?/m1/s1. The lowest BCUT2D eigenvalue weighted by Crippen LogP contribution is -2.38. The van der Waals surface area contributed by atoms with Crippen LogP contribution in [0.5, 0.6) is 5.75 Å². The number of benzene rings is 2. The van der Waals surface area contributed by atoms with E-state index in [-0.39, 0.29) is 22.5 Å². The van der Waals surface area contributed by atoms with E-state index in [1.807, 2.05) is 69.3 Å². The van der Waals surface area contributed by atoms with Gasteiger partial charge in [0, 0.05) is 18.0 Å². The highest BCUT2D eigenvalue weighted by Gasteiger charge is 2.41. The first-order chi connectivity index (χ1) is 13.8. The number of hydrogen-bond donors (Lipinski definition) is 1. The molecule has 2 aliphatic carbocycles. The van der Waals surface area contributed by atoms with Crippen LogP contribution in [0, 0.1) is 5.92 Å². The smallest absolute Gasteiger partial charge is 0.164 e. The van der Waals surface area contributed by atoms with Gasteiger partial charge in [-0.1, -0.05) is 36.4 Å². The molecule has 0 aliphatic heterocycles. The summed E-state index contributed by atoms with van der Waals surface area (Å²) in [5, 5.41) is 0. The predicted molar refractivity (Wildman–Crippen MR) is 118 cm³/mol. The van der Waals surface area contributed by atoms with Crippen LogP contribution in [0.1, 0.15) is 56.3 Å². The Kier molecular flexibility index (Phi) is 5.21. The third kappa shape index (κ3) is 3.69. The molecule has 0 amide bonds. The van der Waals surface area contributed by atoms with E-state index in [0.29, 0.717) is 6.42 Å². The van der Waals surface area contributed by atoms with Crippen LogP contribution in [0.3, 0.4) is 0 Å². The summed E-state index contributed by atoms with van der Waals surface area (Å²) >= 11 is 0. The molecule has 4 rings (SSSR count). The Labute approximate surface area is 175 Å². The Morgan fingerprint density at radius 2 is 1.83 bits per heavy atom. The molecule has 2 aromatic carbocycles. The largest absolute Gasteiger partial charge is 0.497 e. The van der Waals surface area contributed by atoms with Crippen molar-refractivity contribution in [3.63, 3.8) is 0 Å². The zero-order valence-corrected chi connectivity index (χ0v) is 18.1. The summed E-state index contributed by atoms with van der Waals surface area (Å²) < 4.78 is 21.3. The number of rotatable bonds is 4. The van der Waals surface area contributed by atoms with Crippen molar-refractivity contribution < 1.29 is 13.7 Å². The normalized spacial score (nSPS) is 22.3. The highest BCUT2D eigenvalue weighted by atomic mass is 32.2. The van der Waals surface area contributed by atoms with Gasteiger partial charge in [-0.2, -0.15) is 0 Å². The average molecular weight is 410 g/mol.